The maximum atomic E-state index is 12.8. The third-order valence-electron chi connectivity index (χ3n) is 3.85. The molecule has 0 aromatic heterocycles. The molecule has 0 saturated heterocycles. The van der Waals surface area contributed by atoms with Gasteiger partial charge in [0.2, 0.25) is 0 Å². The molecule has 9 nitrogen and oxygen atoms in total. The van der Waals surface area contributed by atoms with Crippen molar-refractivity contribution in [3.05, 3.63) is 28.2 Å². The summed E-state index contributed by atoms with van der Waals surface area (Å²) in [6, 6.07) is 3.68. The molecule has 0 aliphatic carbocycles. The fourth-order valence-corrected chi connectivity index (χ4v) is 3.10. The predicted octanol–water partition coefficient (Wildman–Crippen LogP) is 5.45. The summed E-state index contributed by atoms with van der Waals surface area (Å²) in [6.45, 7) is 15.4. The van der Waals surface area contributed by atoms with Gasteiger partial charge in [-0.05, 0) is 80.5 Å². The van der Waals surface area contributed by atoms with Crippen LogP contribution in [0.4, 0.5) is 15.3 Å². The average molecular weight is 545 g/mol. The number of alkyl carbamates (subject to hydrolysis) is 1. The van der Waals surface area contributed by atoms with E-state index in [1.54, 1.807) is 80.5 Å². The molecular formula is C24H37BrN2O7. The zero-order chi connectivity index (χ0) is 26.5. The normalized spacial score (nSPS) is 14.0. The van der Waals surface area contributed by atoms with Crippen molar-refractivity contribution >= 4 is 39.8 Å². The summed E-state index contributed by atoms with van der Waals surface area (Å²) in [7, 11) is 0. The number of anilines is 1. The van der Waals surface area contributed by atoms with Gasteiger partial charge in [0.25, 0.3) is 0 Å². The van der Waals surface area contributed by atoms with Crippen molar-refractivity contribution in [2.45, 2.75) is 97.7 Å². The van der Waals surface area contributed by atoms with Crippen LogP contribution in [0.15, 0.2) is 22.7 Å². The number of carbonyl (C=O) groups excluding carboxylic acids is 3. The molecule has 1 rings (SSSR count). The monoisotopic (exact) mass is 544 g/mol. The molecule has 0 radical (unpaired) electrons. The number of amides is 2. The maximum Gasteiger partial charge on any atom is 0.412 e. The molecule has 34 heavy (non-hydrogen) atoms. The van der Waals surface area contributed by atoms with Gasteiger partial charge in [0.05, 0.1) is 6.10 Å². The van der Waals surface area contributed by atoms with Crippen LogP contribution in [0.1, 0.15) is 80.4 Å². The summed E-state index contributed by atoms with van der Waals surface area (Å²) >= 11 is 3.35. The first-order valence-corrected chi connectivity index (χ1v) is 11.7. The Kier molecular flexibility index (Phi) is 9.96. The lowest BCUT2D eigenvalue weighted by molar-refractivity contribution is -0.158. The number of hydrogen-bond acceptors (Lipinski definition) is 7. The van der Waals surface area contributed by atoms with Crippen molar-refractivity contribution in [1.29, 1.82) is 0 Å². The van der Waals surface area contributed by atoms with Gasteiger partial charge >= 0.3 is 18.2 Å². The summed E-state index contributed by atoms with van der Waals surface area (Å²) in [5.41, 5.74) is -1.69. The summed E-state index contributed by atoms with van der Waals surface area (Å²) < 4.78 is 16.6. The lowest BCUT2D eigenvalue weighted by atomic mass is 10.00. The van der Waals surface area contributed by atoms with Crippen LogP contribution in [-0.4, -0.2) is 46.1 Å². The molecule has 0 bridgehead atoms. The molecular weight excluding hydrogens is 508 g/mol. The molecule has 0 fully saturated rings. The Labute approximate surface area is 210 Å². The van der Waals surface area contributed by atoms with Gasteiger partial charge in [0.1, 0.15) is 22.8 Å². The molecule has 1 aromatic rings. The minimum atomic E-state index is -1.25. The lowest BCUT2D eigenvalue weighted by Crippen LogP contribution is -2.46. The molecule has 0 aliphatic heterocycles. The largest absolute Gasteiger partial charge is 0.458 e. The van der Waals surface area contributed by atoms with Crippen LogP contribution in [0.2, 0.25) is 0 Å². The maximum absolute atomic E-state index is 12.8. The smallest absolute Gasteiger partial charge is 0.412 e. The molecule has 0 aliphatic rings. The quantitative estimate of drug-likeness (QED) is 0.321. The molecule has 0 heterocycles. The zero-order valence-corrected chi connectivity index (χ0v) is 23.0. The van der Waals surface area contributed by atoms with Crippen molar-refractivity contribution < 1.29 is 33.7 Å². The fraction of sp³-hybridized carbons (Fsp3) is 0.625. The molecule has 1 aromatic carbocycles. The molecule has 10 heteroatoms. The zero-order valence-electron chi connectivity index (χ0n) is 21.4. The van der Waals surface area contributed by atoms with Crippen LogP contribution >= 0.6 is 15.9 Å². The van der Waals surface area contributed by atoms with Gasteiger partial charge in [0.15, 0.2) is 0 Å². The molecule has 2 atom stereocenters. The van der Waals surface area contributed by atoms with E-state index in [9.17, 15) is 19.5 Å². The summed E-state index contributed by atoms with van der Waals surface area (Å²) in [4.78, 5) is 37.4. The number of ether oxygens (including phenoxy) is 3. The van der Waals surface area contributed by atoms with Crippen LogP contribution in [0.3, 0.4) is 0 Å². The first kappa shape index (κ1) is 29.7. The number of aliphatic hydroxyl groups excluding tert-OH is 1. The highest BCUT2D eigenvalue weighted by molar-refractivity contribution is 9.10. The minimum Gasteiger partial charge on any atom is -0.458 e. The van der Waals surface area contributed by atoms with Crippen molar-refractivity contribution in [3.63, 3.8) is 0 Å². The Balaban J connectivity index is 3.17. The number of nitrogens with one attached hydrogen (secondary N) is 2. The van der Waals surface area contributed by atoms with E-state index in [2.05, 4.69) is 26.6 Å². The highest BCUT2D eigenvalue weighted by Crippen LogP contribution is 2.30. The van der Waals surface area contributed by atoms with Gasteiger partial charge in [0, 0.05) is 22.1 Å². The van der Waals surface area contributed by atoms with Crippen molar-refractivity contribution in [1.82, 2.24) is 5.32 Å². The van der Waals surface area contributed by atoms with Crippen LogP contribution in [0.5, 0.6) is 0 Å². The van der Waals surface area contributed by atoms with Crippen LogP contribution in [0, 0.1) is 0 Å². The number of aliphatic hydroxyl groups is 1. The summed E-state index contributed by atoms with van der Waals surface area (Å²) in [5.74, 6) is -0.728. The summed E-state index contributed by atoms with van der Waals surface area (Å²) in [5, 5.41) is 16.1. The van der Waals surface area contributed by atoms with Gasteiger partial charge < -0.3 is 24.6 Å². The Morgan fingerprint density at radius 2 is 1.38 bits per heavy atom. The van der Waals surface area contributed by atoms with Gasteiger partial charge in [-0.15, -0.1) is 0 Å². The van der Waals surface area contributed by atoms with E-state index in [4.69, 9.17) is 14.2 Å². The van der Waals surface area contributed by atoms with Crippen LogP contribution < -0.4 is 10.6 Å². The van der Waals surface area contributed by atoms with E-state index >= 15 is 0 Å². The second kappa shape index (κ2) is 11.4. The topological polar surface area (TPSA) is 123 Å². The van der Waals surface area contributed by atoms with E-state index in [0.717, 1.165) is 0 Å². The first-order valence-electron chi connectivity index (χ1n) is 11.0. The number of esters is 1. The van der Waals surface area contributed by atoms with Gasteiger partial charge in [-0.3, -0.25) is 5.32 Å². The molecule has 0 spiro atoms. The second-order valence-electron chi connectivity index (χ2n) is 10.8. The Hall–Kier alpha value is -2.33. The van der Waals surface area contributed by atoms with E-state index < -0.39 is 47.1 Å². The molecule has 192 valence electrons. The number of halogens is 1. The van der Waals surface area contributed by atoms with E-state index in [0.29, 0.717) is 15.7 Å². The van der Waals surface area contributed by atoms with E-state index in [1.165, 1.54) is 0 Å². The average Bonchev–Trinajstić information content (AvgIpc) is 2.57. The molecule has 2 amide bonds. The number of benzene rings is 1. The molecule has 0 saturated carbocycles. The fourth-order valence-electron chi connectivity index (χ4n) is 2.72. The second-order valence-corrected chi connectivity index (χ2v) is 11.8. The highest BCUT2D eigenvalue weighted by atomic mass is 79.9. The van der Waals surface area contributed by atoms with Gasteiger partial charge in [-0.25, -0.2) is 14.4 Å². The standard InChI is InChI=1S/C24H37BrN2O7/c1-22(2,3)32-19(29)17(27-21(31)34-24(7,8)9)13-18(28)15-12-14(25)10-11-16(15)26-20(30)33-23(4,5)6/h10-12,17-18,28H,13H2,1-9H3,(H,26,30)(H,27,31). The SMILES string of the molecule is CC(C)(C)OC(=O)Nc1ccc(Br)cc1C(O)CC(NC(=O)OC(C)(C)C)C(=O)OC(C)(C)C. The lowest BCUT2D eigenvalue weighted by Gasteiger charge is -2.28. The highest BCUT2D eigenvalue weighted by Gasteiger charge is 2.32. The molecule has 2 unspecified atom stereocenters. The number of hydrogen-bond donors (Lipinski definition) is 3. The van der Waals surface area contributed by atoms with Crippen molar-refractivity contribution in [2.75, 3.05) is 5.32 Å². The van der Waals surface area contributed by atoms with Crippen LogP contribution in [-0.2, 0) is 19.0 Å². The Morgan fingerprint density at radius 1 is 0.882 bits per heavy atom. The van der Waals surface area contributed by atoms with E-state index in [-0.39, 0.29) is 6.42 Å². The minimum absolute atomic E-state index is 0.229. The molecule has 3 N–H and O–H groups in total. The third-order valence-corrected chi connectivity index (χ3v) is 4.34. The first-order chi connectivity index (χ1) is 15.3. The van der Waals surface area contributed by atoms with Crippen molar-refractivity contribution in [2.24, 2.45) is 0 Å². The summed E-state index contributed by atoms with van der Waals surface area (Å²) in [6.07, 6.45) is -3.00. The predicted molar refractivity (Wildman–Crippen MR) is 133 cm³/mol. The third kappa shape index (κ3) is 11.7. The van der Waals surface area contributed by atoms with Gasteiger partial charge in [-0.2, -0.15) is 0 Å². The van der Waals surface area contributed by atoms with Crippen LogP contribution in [0.25, 0.3) is 0 Å². The Bertz CT molecular complexity index is 883. The number of rotatable bonds is 6. The van der Waals surface area contributed by atoms with Crippen molar-refractivity contribution in [3.8, 4) is 0 Å². The number of carbonyl (C=O) groups is 3. The van der Waals surface area contributed by atoms with E-state index in [1.807, 2.05) is 0 Å². The Morgan fingerprint density at radius 3 is 1.88 bits per heavy atom. The van der Waals surface area contributed by atoms with Gasteiger partial charge in [-0.1, -0.05) is 15.9 Å².